The average molecular weight is 308 g/mol. The first-order valence-corrected chi connectivity index (χ1v) is 7.13. The van der Waals surface area contributed by atoms with Gasteiger partial charge in [0.15, 0.2) is 5.76 Å². The van der Waals surface area contributed by atoms with Crippen molar-refractivity contribution in [3.05, 3.63) is 60.5 Å². The molecule has 116 valence electrons. The summed E-state index contributed by atoms with van der Waals surface area (Å²) in [5.74, 6) is -1.03. The third-order valence-corrected chi connectivity index (χ3v) is 3.50. The zero-order valence-electron chi connectivity index (χ0n) is 12.9. The molecular formula is C18H16N2O3. The average Bonchev–Trinajstić information content (AvgIpc) is 3.01. The molecule has 1 N–H and O–H groups in total. The summed E-state index contributed by atoms with van der Waals surface area (Å²) in [5, 5.41) is 9.17. The lowest BCUT2D eigenvalue weighted by Gasteiger charge is -2.12. The molecule has 1 heterocycles. The van der Waals surface area contributed by atoms with Gasteiger partial charge in [-0.15, -0.1) is 0 Å². The molecule has 2 aromatic carbocycles. The minimum absolute atomic E-state index is 0.310. The van der Waals surface area contributed by atoms with Crippen LogP contribution in [0.3, 0.4) is 0 Å². The van der Waals surface area contributed by atoms with Crippen molar-refractivity contribution in [3.8, 4) is 22.6 Å². The summed E-state index contributed by atoms with van der Waals surface area (Å²) < 4.78 is 5.49. The van der Waals surface area contributed by atoms with Crippen molar-refractivity contribution in [1.82, 2.24) is 4.98 Å². The van der Waals surface area contributed by atoms with E-state index in [-0.39, 0.29) is 5.89 Å². The van der Waals surface area contributed by atoms with Crippen molar-refractivity contribution in [2.24, 2.45) is 0 Å². The lowest BCUT2D eigenvalue weighted by atomic mass is 10.1. The number of aromatic carboxylic acids is 1. The molecular weight excluding hydrogens is 292 g/mol. The first-order chi connectivity index (χ1) is 11.1. The van der Waals surface area contributed by atoms with Gasteiger partial charge >= 0.3 is 11.9 Å². The van der Waals surface area contributed by atoms with Crippen LogP contribution in [0.4, 0.5) is 5.69 Å². The summed E-state index contributed by atoms with van der Waals surface area (Å²) in [6, 6.07) is 17.1. The minimum atomic E-state index is -1.18. The van der Waals surface area contributed by atoms with E-state index in [0.29, 0.717) is 11.5 Å². The Morgan fingerprint density at radius 3 is 2.22 bits per heavy atom. The van der Waals surface area contributed by atoms with Crippen LogP contribution in [0.25, 0.3) is 22.6 Å². The number of nitrogens with zero attached hydrogens (tertiary/aromatic N) is 2. The molecule has 3 aromatic rings. The largest absolute Gasteiger partial charge is 0.474 e. The molecule has 0 atom stereocenters. The van der Waals surface area contributed by atoms with E-state index in [0.717, 1.165) is 16.8 Å². The molecule has 1 aromatic heterocycles. The highest BCUT2D eigenvalue weighted by Gasteiger charge is 2.20. The number of hydrogen-bond donors (Lipinski definition) is 1. The van der Waals surface area contributed by atoms with Crippen molar-refractivity contribution < 1.29 is 14.3 Å². The van der Waals surface area contributed by atoms with E-state index in [4.69, 9.17) is 4.42 Å². The molecule has 0 amide bonds. The summed E-state index contributed by atoms with van der Waals surface area (Å²) in [4.78, 5) is 17.3. The Bertz CT molecular complexity index is 821. The highest BCUT2D eigenvalue weighted by atomic mass is 16.4. The Morgan fingerprint density at radius 1 is 1.00 bits per heavy atom. The third-order valence-electron chi connectivity index (χ3n) is 3.50. The van der Waals surface area contributed by atoms with Crippen molar-refractivity contribution in [2.45, 2.75) is 0 Å². The van der Waals surface area contributed by atoms with Crippen LogP contribution < -0.4 is 4.90 Å². The normalized spacial score (nSPS) is 10.5. The summed E-state index contributed by atoms with van der Waals surface area (Å²) in [6.07, 6.45) is 0. The maximum absolute atomic E-state index is 11.2. The molecule has 0 unspecified atom stereocenters. The molecule has 0 spiro atoms. The maximum atomic E-state index is 11.2. The number of carboxylic acids is 1. The van der Waals surface area contributed by atoms with E-state index in [1.807, 2.05) is 73.6 Å². The van der Waals surface area contributed by atoms with Gasteiger partial charge in [-0.25, -0.2) is 9.78 Å². The van der Waals surface area contributed by atoms with E-state index in [1.165, 1.54) is 0 Å². The second kappa shape index (κ2) is 5.96. The lowest BCUT2D eigenvalue weighted by Crippen LogP contribution is -2.07. The predicted octanol–water partition coefficient (Wildman–Crippen LogP) is 3.77. The van der Waals surface area contributed by atoms with Crippen LogP contribution in [0, 0.1) is 0 Å². The predicted molar refractivity (Wildman–Crippen MR) is 88.7 cm³/mol. The molecule has 0 fully saturated rings. The number of anilines is 1. The Morgan fingerprint density at radius 2 is 1.65 bits per heavy atom. The fraction of sp³-hybridized carbons (Fsp3) is 0.111. The van der Waals surface area contributed by atoms with Crippen LogP contribution in [-0.4, -0.2) is 30.2 Å². The fourth-order valence-electron chi connectivity index (χ4n) is 2.31. The van der Waals surface area contributed by atoms with Gasteiger partial charge in [0.05, 0.1) is 0 Å². The van der Waals surface area contributed by atoms with Gasteiger partial charge in [-0.2, -0.15) is 0 Å². The standard InChI is InChI=1S/C18H16N2O3/c1-20(2)14-10-8-13(9-11-14)16-15(12-6-4-3-5-7-12)19-17(23-16)18(21)22/h3-11H,1-2H3,(H,21,22). The van der Waals surface area contributed by atoms with Crippen LogP contribution in [-0.2, 0) is 0 Å². The van der Waals surface area contributed by atoms with E-state index in [1.54, 1.807) is 0 Å². The molecule has 0 aliphatic rings. The molecule has 0 radical (unpaired) electrons. The van der Waals surface area contributed by atoms with Crippen LogP contribution in [0.2, 0.25) is 0 Å². The van der Waals surface area contributed by atoms with Crippen LogP contribution in [0.5, 0.6) is 0 Å². The van der Waals surface area contributed by atoms with E-state index in [9.17, 15) is 9.90 Å². The highest BCUT2D eigenvalue weighted by Crippen LogP contribution is 2.33. The maximum Gasteiger partial charge on any atom is 0.392 e. The molecule has 3 rings (SSSR count). The Labute approximate surface area is 133 Å². The second-order valence-corrected chi connectivity index (χ2v) is 5.31. The van der Waals surface area contributed by atoms with Gasteiger partial charge in [-0.3, -0.25) is 0 Å². The molecule has 23 heavy (non-hydrogen) atoms. The van der Waals surface area contributed by atoms with Gasteiger partial charge in [0, 0.05) is 30.9 Å². The van der Waals surface area contributed by atoms with Gasteiger partial charge in [0.25, 0.3) is 0 Å². The van der Waals surface area contributed by atoms with Crippen LogP contribution in [0.15, 0.2) is 59.0 Å². The summed E-state index contributed by atoms with van der Waals surface area (Å²) in [7, 11) is 3.92. The van der Waals surface area contributed by atoms with Crippen molar-refractivity contribution in [1.29, 1.82) is 0 Å². The summed E-state index contributed by atoms with van der Waals surface area (Å²) in [6.45, 7) is 0. The number of aromatic nitrogens is 1. The summed E-state index contributed by atoms with van der Waals surface area (Å²) >= 11 is 0. The molecule has 0 saturated carbocycles. The molecule has 0 aliphatic heterocycles. The Hall–Kier alpha value is -3.08. The lowest BCUT2D eigenvalue weighted by molar-refractivity contribution is 0.0654. The van der Waals surface area contributed by atoms with E-state index >= 15 is 0 Å². The van der Waals surface area contributed by atoms with E-state index < -0.39 is 5.97 Å². The topological polar surface area (TPSA) is 66.6 Å². The monoisotopic (exact) mass is 308 g/mol. The Kier molecular flexibility index (Phi) is 3.85. The zero-order valence-corrected chi connectivity index (χ0v) is 12.9. The van der Waals surface area contributed by atoms with Crippen molar-refractivity contribution >= 4 is 11.7 Å². The number of oxazole rings is 1. The second-order valence-electron chi connectivity index (χ2n) is 5.31. The number of carboxylic acid groups (broad SMARTS) is 1. The first kappa shape index (κ1) is 14.8. The van der Waals surface area contributed by atoms with E-state index in [2.05, 4.69) is 4.98 Å². The quantitative estimate of drug-likeness (QED) is 0.794. The van der Waals surface area contributed by atoms with Crippen molar-refractivity contribution in [2.75, 3.05) is 19.0 Å². The summed E-state index contributed by atoms with van der Waals surface area (Å²) in [5.41, 5.74) is 3.18. The van der Waals surface area contributed by atoms with Crippen LogP contribution >= 0.6 is 0 Å². The molecule has 5 nitrogen and oxygen atoms in total. The molecule has 0 aliphatic carbocycles. The van der Waals surface area contributed by atoms with Gasteiger partial charge in [-0.05, 0) is 24.3 Å². The van der Waals surface area contributed by atoms with Gasteiger partial charge < -0.3 is 14.4 Å². The third kappa shape index (κ3) is 2.94. The number of carbonyl (C=O) groups is 1. The number of rotatable bonds is 4. The zero-order chi connectivity index (χ0) is 16.4. The Balaban J connectivity index is 2.12. The molecule has 0 bridgehead atoms. The number of hydrogen-bond acceptors (Lipinski definition) is 4. The number of benzene rings is 2. The van der Waals surface area contributed by atoms with Crippen LogP contribution in [0.1, 0.15) is 10.7 Å². The molecule has 0 saturated heterocycles. The van der Waals surface area contributed by atoms with Gasteiger partial charge in [0.1, 0.15) is 5.69 Å². The van der Waals surface area contributed by atoms with Gasteiger partial charge in [-0.1, -0.05) is 30.3 Å². The van der Waals surface area contributed by atoms with Crippen molar-refractivity contribution in [3.63, 3.8) is 0 Å². The highest BCUT2D eigenvalue weighted by molar-refractivity contribution is 5.86. The SMILES string of the molecule is CN(C)c1ccc(-c2oc(C(=O)O)nc2-c2ccccc2)cc1. The van der Waals surface area contributed by atoms with Gasteiger partial charge in [0.2, 0.25) is 0 Å². The smallest absolute Gasteiger partial charge is 0.392 e. The first-order valence-electron chi connectivity index (χ1n) is 7.13. The molecule has 5 heteroatoms. The minimum Gasteiger partial charge on any atom is -0.474 e. The fourth-order valence-corrected chi connectivity index (χ4v) is 2.31.